The van der Waals surface area contributed by atoms with Crippen molar-refractivity contribution in [2.24, 2.45) is 0 Å². The molecule has 3 heterocycles. The van der Waals surface area contributed by atoms with Crippen LogP contribution in [0, 0.1) is 0 Å². The number of Topliss-reactive ketones (excluding diaryl/α,β-unsaturated/α-hetero) is 1. The highest BCUT2D eigenvalue weighted by Crippen LogP contribution is 2.24. The fourth-order valence-electron chi connectivity index (χ4n) is 2.82. The minimum atomic E-state index is -0.128. The Bertz CT molecular complexity index is 667. The number of piperidine rings is 1. The molecule has 0 aromatic carbocycles. The van der Waals surface area contributed by atoms with Crippen LogP contribution in [0.1, 0.15) is 35.3 Å². The second-order valence-electron chi connectivity index (χ2n) is 5.44. The first-order valence-corrected chi connectivity index (χ1v) is 7.53. The minimum absolute atomic E-state index is 0.128. The van der Waals surface area contributed by atoms with E-state index in [4.69, 9.17) is 5.73 Å². The molecule has 0 amide bonds. The van der Waals surface area contributed by atoms with Crippen molar-refractivity contribution < 1.29 is 4.79 Å². The number of ketones is 1. The smallest absolute Gasteiger partial charge is 0.189 e. The topological polar surface area (TPSA) is 85.0 Å². The largest absolute Gasteiger partial charge is 0.382 e. The molecule has 0 unspecified atom stereocenters. The number of aromatic nitrogens is 3. The molecule has 6 nitrogen and oxygen atoms in total. The molecule has 1 saturated heterocycles. The van der Waals surface area contributed by atoms with Crippen molar-refractivity contribution >= 4 is 17.3 Å². The molecule has 6 heteroatoms. The molecule has 1 fully saturated rings. The number of anilines is 2. The van der Waals surface area contributed by atoms with Gasteiger partial charge in [0.15, 0.2) is 11.6 Å². The number of pyridine rings is 1. The van der Waals surface area contributed by atoms with Crippen LogP contribution < -0.4 is 10.6 Å². The number of hydrogen-bond donors (Lipinski definition) is 1. The van der Waals surface area contributed by atoms with Gasteiger partial charge < -0.3 is 10.6 Å². The van der Waals surface area contributed by atoms with E-state index in [1.54, 1.807) is 12.4 Å². The summed E-state index contributed by atoms with van der Waals surface area (Å²) in [6, 6.07) is 1.98. The van der Waals surface area contributed by atoms with E-state index in [2.05, 4.69) is 19.9 Å². The van der Waals surface area contributed by atoms with Crippen LogP contribution >= 0.6 is 0 Å². The normalized spacial score (nSPS) is 14.8. The highest BCUT2D eigenvalue weighted by atomic mass is 16.1. The fourth-order valence-corrected chi connectivity index (χ4v) is 2.82. The maximum absolute atomic E-state index is 12.4. The minimum Gasteiger partial charge on any atom is -0.382 e. The maximum Gasteiger partial charge on any atom is 0.189 e. The van der Waals surface area contributed by atoms with Gasteiger partial charge in [-0.15, -0.1) is 0 Å². The molecular weight excluding hydrogens is 278 g/mol. The Morgan fingerprint density at radius 1 is 1.14 bits per heavy atom. The number of nitrogen functional groups attached to an aromatic ring is 1. The van der Waals surface area contributed by atoms with Gasteiger partial charge in [-0.25, -0.2) is 9.97 Å². The van der Waals surface area contributed by atoms with Crippen molar-refractivity contribution in [1.29, 1.82) is 0 Å². The number of nitrogens with zero attached hydrogens (tertiary/aromatic N) is 4. The van der Waals surface area contributed by atoms with Crippen LogP contribution in [0.25, 0.3) is 0 Å². The molecule has 0 radical (unpaired) electrons. The van der Waals surface area contributed by atoms with Gasteiger partial charge in [-0.2, -0.15) is 0 Å². The van der Waals surface area contributed by atoms with Gasteiger partial charge in [0.2, 0.25) is 0 Å². The fraction of sp³-hybridized carbons (Fsp3) is 0.375. The first-order chi connectivity index (χ1) is 10.8. The van der Waals surface area contributed by atoms with Crippen LogP contribution in [0.2, 0.25) is 0 Å². The van der Waals surface area contributed by atoms with E-state index in [0.29, 0.717) is 0 Å². The molecule has 0 atom stereocenters. The lowest BCUT2D eigenvalue weighted by atomic mass is 10.0. The summed E-state index contributed by atoms with van der Waals surface area (Å²) in [7, 11) is 0. The van der Waals surface area contributed by atoms with E-state index in [0.717, 1.165) is 24.3 Å². The summed E-state index contributed by atoms with van der Waals surface area (Å²) in [6.07, 6.45) is 10.4. The van der Waals surface area contributed by atoms with Gasteiger partial charge in [0.25, 0.3) is 0 Å². The van der Waals surface area contributed by atoms with E-state index in [9.17, 15) is 4.79 Å². The molecule has 1 aliphatic heterocycles. The molecule has 2 aromatic rings. The van der Waals surface area contributed by atoms with Gasteiger partial charge in [-0.3, -0.25) is 9.78 Å². The lowest BCUT2D eigenvalue weighted by Gasteiger charge is -2.30. The number of hydrogen-bond acceptors (Lipinski definition) is 6. The van der Waals surface area contributed by atoms with Crippen LogP contribution in [-0.2, 0) is 6.42 Å². The van der Waals surface area contributed by atoms with Gasteiger partial charge in [0, 0.05) is 55.5 Å². The maximum atomic E-state index is 12.4. The predicted molar refractivity (Wildman–Crippen MR) is 84.8 cm³/mol. The number of rotatable bonds is 4. The Morgan fingerprint density at radius 2 is 1.91 bits per heavy atom. The van der Waals surface area contributed by atoms with Crippen molar-refractivity contribution in [3.63, 3.8) is 0 Å². The highest BCUT2D eigenvalue weighted by Gasteiger charge is 2.18. The summed E-state index contributed by atoms with van der Waals surface area (Å²) in [6.45, 7) is 2.05. The van der Waals surface area contributed by atoms with Crippen LogP contribution in [-0.4, -0.2) is 33.8 Å². The summed E-state index contributed by atoms with van der Waals surface area (Å²) in [4.78, 5) is 26.9. The predicted octanol–water partition coefficient (Wildman–Crippen LogP) is 1.87. The quantitative estimate of drug-likeness (QED) is 0.867. The van der Waals surface area contributed by atoms with Crippen LogP contribution in [0.15, 0.2) is 30.9 Å². The molecule has 0 bridgehead atoms. The first kappa shape index (κ1) is 14.4. The van der Waals surface area contributed by atoms with Crippen molar-refractivity contribution in [1.82, 2.24) is 15.0 Å². The second kappa shape index (κ2) is 6.51. The molecule has 114 valence electrons. The van der Waals surface area contributed by atoms with E-state index >= 15 is 0 Å². The standard InChI is InChI=1S/C16H19N5O/c17-16-15(19-6-7-20-16)14(22)10-12-11-18-5-4-13(12)21-8-2-1-3-9-21/h4-7,11H,1-3,8-10H2,(H2,17,20). The molecule has 2 aromatic heterocycles. The first-order valence-electron chi connectivity index (χ1n) is 7.53. The summed E-state index contributed by atoms with van der Waals surface area (Å²) in [5, 5.41) is 0. The molecule has 0 spiro atoms. The lowest BCUT2D eigenvalue weighted by molar-refractivity contribution is 0.0989. The zero-order chi connectivity index (χ0) is 15.4. The third kappa shape index (κ3) is 3.05. The molecule has 1 aliphatic rings. The number of nitrogens with two attached hydrogens (primary N) is 1. The van der Waals surface area contributed by atoms with Gasteiger partial charge in [0.05, 0.1) is 0 Å². The van der Waals surface area contributed by atoms with Crippen LogP contribution in [0.4, 0.5) is 11.5 Å². The Morgan fingerprint density at radius 3 is 2.68 bits per heavy atom. The van der Waals surface area contributed by atoms with Gasteiger partial charge in [0.1, 0.15) is 5.69 Å². The van der Waals surface area contributed by atoms with Crippen LogP contribution in [0.3, 0.4) is 0 Å². The Labute approximate surface area is 129 Å². The average molecular weight is 297 g/mol. The molecule has 0 saturated carbocycles. The Balaban J connectivity index is 1.83. The summed E-state index contributed by atoms with van der Waals surface area (Å²) in [5.74, 6) is 0.0489. The summed E-state index contributed by atoms with van der Waals surface area (Å²) in [5.41, 5.74) is 7.97. The van der Waals surface area contributed by atoms with Crippen molar-refractivity contribution in [3.05, 3.63) is 42.1 Å². The van der Waals surface area contributed by atoms with Crippen LogP contribution in [0.5, 0.6) is 0 Å². The SMILES string of the molecule is Nc1nccnc1C(=O)Cc1cnccc1N1CCCCC1. The van der Waals surface area contributed by atoms with E-state index in [-0.39, 0.29) is 23.7 Å². The highest BCUT2D eigenvalue weighted by molar-refractivity contribution is 5.99. The molecule has 2 N–H and O–H groups in total. The molecular formula is C16H19N5O. The monoisotopic (exact) mass is 297 g/mol. The molecule has 22 heavy (non-hydrogen) atoms. The number of carbonyl (C=O) groups is 1. The van der Waals surface area contributed by atoms with Gasteiger partial charge in [-0.1, -0.05) is 0 Å². The average Bonchev–Trinajstić information content (AvgIpc) is 2.56. The van der Waals surface area contributed by atoms with Gasteiger partial charge >= 0.3 is 0 Å². The summed E-state index contributed by atoms with van der Waals surface area (Å²) >= 11 is 0. The van der Waals surface area contributed by atoms with Crippen molar-refractivity contribution in [2.45, 2.75) is 25.7 Å². The third-order valence-electron chi connectivity index (χ3n) is 3.92. The lowest BCUT2D eigenvalue weighted by Crippen LogP contribution is -2.30. The summed E-state index contributed by atoms with van der Waals surface area (Å²) < 4.78 is 0. The van der Waals surface area contributed by atoms with Crippen molar-refractivity contribution in [2.75, 3.05) is 23.7 Å². The van der Waals surface area contributed by atoms with Crippen molar-refractivity contribution in [3.8, 4) is 0 Å². The van der Waals surface area contributed by atoms with E-state index in [1.165, 1.54) is 31.7 Å². The zero-order valence-electron chi connectivity index (χ0n) is 12.4. The Kier molecular flexibility index (Phi) is 4.27. The zero-order valence-corrected chi connectivity index (χ0v) is 12.4. The molecule has 3 rings (SSSR count). The third-order valence-corrected chi connectivity index (χ3v) is 3.92. The van der Waals surface area contributed by atoms with E-state index in [1.807, 2.05) is 6.07 Å². The van der Waals surface area contributed by atoms with Gasteiger partial charge in [-0.05, 0) is 25.3 Å². The Hall–Kier alpha value is -2.50. The molecule has 0 aliphatic carbocycles. The second-order valence-corrected chi connectivity index (χ2v) is 5.44. The van der Waals surface area contributed by atoms with E-state index < -0.39 is 0 Å². The number of carbonyl (C=O) groups excluding carboxylic acids is 1.